The SMILES string of the molecule is COc1ccccc1/C(O)=C1\C(=O)C(=O)N(CCCn2ccnc2)C1c1cc(OC)c(OC)c(OC)c1. The molecular formula is C27H29N3O7. The van der Waals surface area contributed by atoms with E-state index in [9.17, 15) is 14.7 Å². The van der Waals surface area contributed by atoms with Crippen molar-refractivity contribution in [1.82, 2.24) is 14.5 Å². The van der Waals surface area contributed by atoms with E-state index in [1.807, 2.05) is 10.8 Å². The van der Waals surface area contributed by atoms with Crippen molar-refractivity contribution in [2.24, 2.45) is 0 Å². The predicted octanol–water partition coefficient (Wildman–Crippen LogP) is 3.43. The molecule has 4 rings (SSSR count). The average molecular weight is 508 g/mol. The smallest absolute Gasteiger partial charge is 0.295 e. The zero-order valence-corrected chi connectivity index (χ0v) is 21.1. The number of amides is 1. The van der Waals surface area contributed by atoms with E-state index in [2.05, 4.69) is 4.98 Å². The Hall–Kier alpha value is -4.47. The first-order chi connectivity index (χ1) is 17.9. The molecule has 1 atom stereocenters. The molecule has 0 radical (unpaired) electrons. The molecule has 1 aliphatic heterocycles. The van der Waals surface area contributed by atoms with Gasteiger partial charge in [0.15, 0.2) is 11.5 Å². The van der Waals surface area contributed by atoms with Crippen LogP contribution < -0.4 is 18.9 Å². The van der Waals surface area contributed by atoms with Crippen LogP contribution in [-0.4, -0.2) is 66.2 Å². The summed E-state index contributed by atoms with van der Waals surface area (Å²) in [5.41, 5.74) is 0.776. The lowest BCUT2D eigenvalue weighted by Gasteiger charge is -2.26. The van der Waals surface area contributed by atoms with E-state index in [0.717, 1.165) is 0 Å². The molecule has 1 aromatic heterocycles. The molecular weight excluding hydrogens is 478 g/mol. The highest BCUT2D eigenvalue weighted by Gasteiger charge is 2.46. The second-order valence-corrected chi connectivity index (χ2v) is 8.31. The maximum Gasteiger partial charge on any atom is 0.295 e. The molecule has 2 aromatic carbocycles. The van der Waals surface area contributed by atoms with E-state index in [-0.39, 0.29) is 17.9 Å². The quantitative estimate of drug-likeness (QED) is 0.252. The Morgan fingerprint density at radius 1 is 0.946 bits per heavy atom. The van der Waals surface area contributed by atoms with Crippen LogP contribution in [0.3, 0.4) is 0 Å². The van der Waals surface area contributed by atoms with Gasteiger partial charge in [-0.15, -0.1) is 0 Å². The fourth-order valence-corrected chi connectivity index (χ4v) is 4.54. The number of likely N-dealkylation sites (tertiary alicyclic amines) is 1. The Bertz CT molecular complexity index is 1290. The minimum Gasteiger partial charge on any atom is -0.507 e. The summed E-state index contributed by atoms with van der Waals surface area (Å²) in [5.74, 6) is -0.362. The van der Waals surface area contributed by atoms with Gasteiger partial charge in [-0.25, -0.2) is 4.98 Å². The van der Waals surface area contributed by atoms with Gasteiger partial charge in [0.05, 0.1) is 51.9 Å². The van der Waals surface area contributed by atoms with E-state index < -0.39 is 17.7 Å². The van der Waals surface area contributed by atoms with Crippen LogP contribution in [0.1, 0.15) is 23.6 Å². The standard InChI is InChI=1S/C27H29N3O7/c1-34-19-9-6-5-8-18(19)24(31)22-23(17-14-20(35-2)26(37-4)21(15-17)36-3)30(27(33)25(22)32)12-7-11-29-13-10-28-16-29/h5-6,8-10,13-16,23,31H,7,11-12H2,1-4H3/b24-22+. The van der Waals surface area contributed by atoms with Crippen LogP contribution in [0, 0.1) is 0 Å². The Kier molecular flexibility index (Phi) is 7.66. The molecule has 194 valence electrons. The third-order valence-corrected chi connectivity index (χ3v) is 6.28. The van der Waals surface area contributed by atoms with Crippen molar-refractivity contribution in [1.29, 1.82) is 0 Å². The van der Waals surface area contributed by atoms with Crippen molar-refractivity contribution < 1.29 is 33.6 Å². The number of ketones is 1. The van der Waals surface area contributed by atoms with Crippen LogP contribution in [0.2, 0.25) is 0 Å². The Balaban J connectivity index is 1.86. The number of aliphatic hydroxyl groups is 1. The van der Waals surface area contributed by atoms with Crippen molar-refractivity contribution in [2.45, 2.75) is 19.0 Å². The molecule has 10 heteroatoms. The number of carbonyl (C=O) groups is 2. The predicted molar refractivity (Wildman–Crippen MR) is 135 cm³/mol. The lowest BCUT2D eigenvalue weighted by atomic mass is 9.94. The third-order valence-electron chi connectivity index (χ3n) is 6.28. The van der Waals surface area contributed by atoms with Gasteiger partial charge in [0, 0.05) is 25.5 Å². The van der Waals surface area contributed by atoms with Crippen molar-refractivity contribution in [3.63, 3.8) is 0 Å². The van der Waals surface area contributed by atoms with E-state index in [1.165, 1.54) is 33.3 Å². The van der Waals surface area contributed by atoms with E-state index in [0.29, 0.717) is 47.1 Å². The second kappa shape index (κ2) is 11.1. The van der Waals surface area contributed by atoms with E-state index in [1.54, 1.807) is 48.9 Å². The van der Waals surface area contributed by atoms with E-state index in [4.69, 9.17) is 18.9 Å². The molecule has 0 saturated carbocycles. The molecule has 1 amide bonds. The van der Waals surface area contributed by atoms with Crippen LogP contribution in [-0.2, 0) is 16.1 Å². The summed E-state index contributed by atoms with van der Waals surface area (Å²) in [5, 5.41) is 11.4. The minimum atomic E-state index is -0.901. The number of Topliss-reactive ketones (excluding diaryl/α,β-unsaturated/α-hetero) is 1. The summed E-state index contributed by atoms with van der Waals surface area (Å²) in [6, 6.07) is 9.22. The number of nitrogens with zero attached hydrogens (tertiary/aromatic N) is 3. The highest BCUT2D eigenvalue weighted by molar-refractivity contribution is 6.46. The van der Waals surface area contributed by atoms with Crippen LogP contribution in [0.15, 0.2) is 60.7 Å². The molecule has 1 saturated heterocycles. The molecule has 0 aliphatic carbocycles. The van der Waals surface area contributed by atoms with Gasteiger partial charge in [0.1, 0.15) is 11.5 Å². The first-order valence-corrected chi connectivity index (χ1v) is 11.6. The summed E-state index contributed by atoms with van der Waals surface area (Å²) in [7, 11) is 5.93. The minimum absolute atomic E-state index is 0.0496. The molecule has 0 bridgehead atoms. The summed E-state index contributed by atoms with van der Waals surface area (Å²) in [6.45, 7) is 0.851. The van der Waals surface area contributed by atoms with Gasteiger partial charge in [-0.2, -0.15) is 0 Å². The first-order valence-electron chi connectivity index (χ1n) is 11.6. The van der Waals surface area contributed by atoms with Crippen molar-refractivity contribution >= 4 is 17.4 Å². The van der Waals surface area contributed by atoms with E-state index >= 15 is 0 Å². The number of benzene rings is 2. The molecule has 0 spiro atoms. The number of aromatic nitrogens is 2. The van der Waals surface area contributed by atoms with Crippen molar-refractivity contribution in [3.8, 4) is 23.0 Å². The molecule has 10 nitrogen and oxygen atoms in total. The number of methoxy groups -OCH3 is 4. The number of aryl methyl sites for hydroxylation is 1. The highest BCUT2D eigenvalue weighted by atomic mass is 16.5. The number of carbonyl (C=O) groups excluding carboxylic acids is 2. The largest absolute Gasteiger partial charge is 0.507 e. The number of imidazole rings is 1. The Morgan fingerprint density at radius 2 is 1.62 bits per heavy atom. The van der Waals surface area contributed by atoms with Crippen LogP contribution in [0.4, 0.5) is 0 Å². The number of aliphatic hydroxyl groups excluding tert-OH is 1. The van der Waals surface area contributed by atoms with Gasteiger partial charge >= 0.3 is 0 Å². The lowest BCUT2D eigenvalue weighted by molar-refractivity contribution is -0.139. The number of hydrogen-bond acceptors (Lipinski definition) is 8. The van der Waals surface area contributed by atoms with Gasteiger partial charge in [-0.3, -0.25) is 9.59 Å². The van der Waals surface area contributed by atoms with Gasteiger partial charge in [-0.1, -0.05) is 12.1 Å². The monoisotopic (exact) mass is 507 g/mol. The molecule has 1 N–H and O–H groups in total. The highest BCUT2D eigenvalue weighted by Crippen LogP contribution is 2.46. The molecule has 37 heavy (non-hydrogen) atoms. The lowest BCUT2D eigenvalue weighted by Crippen LogP contribution is -2.31. The first kappa shape index (κ1) is 25.6. The van der Waals surface area contributed by atoms with Crippen LogP contribution in [0.5, 0.6) is 23.0 Å². The van der Waals surface area contributed by atoms with Crippen LogP contribution >= 0.6 is 0 Å². The number of rotatable bonds is 10. The average Bonchev–Trinajstić information content (AvgIpc) is 3.54. The Morgan fingerprint density at radius 3 is 2.22 bits per heavy atom. The summed E-state index contributed by atoms with van der Waals surface area (Å²) < 4.78 is 23.8. The van der Waals surface area contributed by atoms with Gasteiger partial charge in [0.2, 0.25) is 5.75 Å². The number of para-hydroxylation sites is 1. The van der Waals surface area contributed by atoms with Crippen molar-refractivity contribution in [2.75, 3.05) is 35.0 Å². The summed E-state index contributed by atoms with van der Waals surface area (Å²) >= 11 is 0. The topological polar surface area (TPSA) is 112 Å². The van der Waals surface area contributed by atoms with Crippen LogP contribution in [0.25, 0.3) is 5.76 Å². The number of ether oxygens (including phenoxy) is 4. The zero-order chi connectivity index (χ0) is 26.5. The normalized spacial score (nSPS) is 16.6. The Labute approximate surface area is 214 Å². The molecule has 2 heterocycles. The fourth-order valence-electron chi connectivity index (χ4n) is 4.54. The second-order valence-electron chi connectivity index (χ2n) is 8.31. The zero-order valence-electron chi connectivity index (χ0n) is 21.1. The summed E-state index contributed by atoms with van der Waals surface area (Å²) in [6.07, 6.45) is 5.74. The van der Waals surface area contributed by atoms with Gasteiger partial charge in [-0.05, 0) is 36.2 Å². The molecule has 1 aliphatic rings. The van der Waals surface area contributed by atoms with Gasteiger partial charge in [0.25, 0.3) is 11.7 Å². The third kappa shape index (κ3) is 4.82. The summed E-state index contributed by atoms with van der Waals surface area (Å²) in [4.78, 5) is 32.2. The molecule has 1 fully saturated rings. The maximum absolute atomic E-state index is 13.4. The molecule has 3 aromatic rings. The molecule has 1 unspecified atom stereocenters. The fraction of sp³-hybridized carbons (Fsp3) is 0.296. The van der Waals surface area contributed by atoms with Gasteiger partial charge < -0.3 is 33.5 Å². The maximum atomic E-state index is 13.4. The number of hydrogen-bond donors (Lipinski definition) is 1. The van der Waals surface area contributed by atoms with Crippen molar-refractivity contribution in [3.05, 3.63) is 71.8 Å².